The zero-order valence-corrected chi connectivity index (χ0v) is 16.9. The third-order valence-corrected chi connectivity index (χ3v) is 3.67. The number of halogens is 2. The van der Waals surface area contributed by atoms with Gasteiger partial charge in [-0.3, -0.25) is 4.99 Å². The maximum Gasteiger partial charge on any atom is 0.191 e. The Kier molecular flexibility index (Phi) is 9.91. The van der Waals surface area contributed by atoms with Crippen LogP contribution in [0.1, 0.15) is 17.5 Å². The second-order valence-corrected chi connectivity index (χ2v) is 5.43. The topological polar surface area (TPSA) is 45.7 Å². The number of aryl methyl sites for hydroxylation is 1. The van der Waals surface area contributed by atoms with Crippen LogP contribution in [0.2, 0.25) is 0 Å². The van der Waals surface area contributed by atoms with Crippen LogP contribution in [-0.4, -0.2) is 26.7 Å². The molecule has 0 fully saturated rings. The standard InChI is InChI=1S/C19H24FN3O.HI/c1-21-19(23-14-16-5-3-7-17(20)13-16)22-12-4-6-15-8-10-18(24-2)11-9-15;/h3,5,7-11,13H,4,6,12,14H2,1-2H3,(H2,21,22,23);1H. The van der Waals surface area contributed by atoms with Crippen LogP contribution in [0.3, 0.4) is 0 Å². The SMILES string of the molecule is CN=C(NCCCc1ccc(OC)cc1)NCc1cccc(F)c1.I. The molecule has 0 heterocycles. The van der Waals surface area contributed by atoms with E-state index in [1.165, 1.54) is 17.7 Å². The van der Waals surface area contributed by atoms with Gasteiger partial charge in [0.15, 0.2) is 5.96 Å². The number of methoxy groups -OCH3 is 1. The van der Waals surface area contributed by atoms with E-state index in [1.807, 2.05) is 18.2 Å². The molecule has 0 bridgehead atoms. The van der Waals surface area contributed by atoms with Crippen LogP contribution in [0.25, 0.3) is 0 Å². The van der Waals surface area contributed by atoms with Crippen molar-refractivity contribution in [2.45, 2.75) is 19.4 Å². The number of rotatable bonds is 7. The van der Waals surface area contributed by atoms with Crippen LogP contribution in [0.5, 0.6) is 5.75 Å². The summed E-state index contributed by atoms with van der Waals surface area (Å²) in [6.45, 7) is 1.35. The van der Waals surface area contributed by atoms with Crippen molar-refractivity contribution in [2.75, 3.05) is 20.7 Å². The highest BCUT2D eigenvalue weighted by molar-refractivity contribution is 14.0. The smallest absolute Gasteiger partial charge is 0.191 e. The number of ether oxygens (including phenoxy) is 1. The van der Waals surface area contributed by atoms with Gasteiger partial charge in [-0.1, -0.05) is 24.3 Å². The zero-order valence-electron chi connectivity index (χ0n) is 14.6. The molecule has 0 saturated carbocycles. The minimum absolute atomic E-state index is 0. The number of guanidine groups is 1. The highest BCUT2D eigenvalue weighted by atomic mass is 127. The Balaban J connectivity index is 0.00000312. The van der Waals surface area contributed by atoms with Gasteiger partial charge in [-0.05, 0) is 48.2 Å². The molecule has 0 aliphatic heterocycles. The van der Waals surface area contributed by atoms with Gasteiger partial charge in [-0.25, -0.2) is 4.39 Å². The maximum atomic E-state index is 13.1. The number of aliphatic imine (C=N–C) groups is 1. The van der Waals surface area contributed by atoms with E-state index in [-0.39, 0.29) is 29.8 Å². The van der Waals surface area contributed by atoms with Gasteiger partial charge in [0.1, 0.15) is 11.6 Å². The number of nitrogens with zero attached hydrogens (tertiary/aromatic N) is 1. The van der Waals surface area contributed by atoms with E-state index in [0.29, 0.717) is 12.5 Å². The van der Waals surface area contributed by atoms with E-state index in [1.54, 1.807) is 20.2 Å². The van der Waals surface area contributed by atoms with Crippen LogP contribution in [0.15, 0.2) is 53.5 Å². The summed E-state index contributed by atoms with van der Waals surface area (Å²) < 4.78 is 18.3. The first kappa shape index (κ1) is 21.2. The number of benzene rings is 2. The molecule has 0 radical (unpaired) electrons. The Morgan fingerprint density at radius 3 is 2.48 bits per heavy atom. The quantitative estimate of drug-likeness (QED) is 0.288. The van der Waals surface area contributed by atoms with Gasteiger partial charge in [0.25, 0.3) is 0 Å². The summed E-state index contributed by atoms with van der Waals surface area (Å²) in [5.74, 6) is 1.37. The van der Waals surface area contributed by atoms with Crippen molar-refractivity contribution in [1.82, 2.24) is 10.6 Å². The number of hydrogen-bond donors (Lipinski definition) is 2. The van der Waals surface area contributed by atoms with Crippen molar-refractivity contribution in [3.8, 4) is 5.75 Å². The number of hydrogen-bond acceptors (Lipinski definition) is 2. The Morgan fingerprint density at radius 2 is 1.84 bits per heavy atom. The number of nitrogens with one attached hydrogen (secondary N) is 2. The van der Waals surface area contributed by atoms with Crippen LogP contribution in [0, 0.1) is 5.82 Å². The highest BCUT2D eigenvalue weighted by Crippen LogP contribution is 2.12. The first-order valence-corrected chi connectivity index (χ1v) is 8.03. The molecule has 25 heavy (non-hydrogen) atoms. The Bertz CT molecular complexity index is 662. The normalized spacial score (nSPS) is 10.8. The lowest BCUT2D eigenvalue weighted by Crippen LogP contribution is -2.37. The third kappa shape index (κ3) is 7.72. The molecule has 0 unspecified atom stereocenters. The molecule has 0 spiro atoms. The van der Waals surface area contributed by atoms with Crippen LogP contribution < -0.4 is 15.4 Å². The average Bonchev–Trinajstić information content (AvgIpc) is 2.61. The fourth-order valence-electron chi connectivity index (χ4n) is 2.34. The summed E-state index contributed by atoms with van der Waals surface area (Å²) >= 11 is 0. The lowest BCUT2D eigenvalue weighted by Gasteiger charge is -2.12. The second-order valence-electron chi connectivity index (χ2n) is 5.43. The predicted molar refractivity (Wildman–Crippen MR) is 111 cm³/mol. The summed E-state index contributed by atoms with van der Waals surface area (Å²) in [6.07, 6.45) is 1.98. The van der Waals surface area contributed by atoms with Crippen molar-refractivity contribution in [1.29, 1.82) is 0 Å². The Morgan fingerprint density at radius 1 is 1.08 bits per heavy atom. The van der Waals surface area contributed by atoms with Gasteiger partial charge >= 0.3 is 0 Å². The maximum absolute atomic E-state index is 13.1. The van der Waals surface area contributed by atoms with Crippen LogP contribution in [-0.2, 0) is 13.0 Å². The highest BCUT2D eigenvalue weighted by Gasteiger charge is 2.00. The molecule has 4 nitrogen and oxygen atoms in total. The molecule has 0 saturated heterocycles. The van der Waals surface area contributed by atoms with Crippen LogP contribution in [0.4, 0.5) is 4.39 Å². The van der Waals surface area contributed by atoms with Crippen molar-refractivity contribution in [2.24, 2.45) is 4.99 Å². The minimum atomic E-state index is -0.225. The molecule has 2 N–H and O–H groups in total. The molecular weight excluding hydrogens is 432 g/mol. The van der Waals surface area contributed by atoms with E-state index in [0.717, 1.165) is 30.7 Å². The molecule has 136 valence electrons. The molecule has 2 aromatic rings. The lowest BCUT2D eigenvalue weighted by atomic mass is 10.1. The molecule has 0 amide bonds. The first-order chi connectivity index (χ1) is 11.7. The molecule has 6 heteroatoms. The summed E-state index contributed by atoms with van der Waals surface area (Å²) in [4.78, 5) is 4.18. The average molecular weight is 457 g/mol. The largest absolute Gasteiger partial charge is 0.497 e. The molecule has 2 aromatic carbocycles. The fourth-order valence-corrected chi connectivity index (χ4v) is 2.34. The lowest BCUT2D eigenvalue weighted by molar-refractivity contribution is 0.414. The van der Waals surface area contributed by atoms with E-state index < -0.39 is 0 Å². The second kappa shape index (κ2) is 11.7. The zero-order chi connectivity index (χ0) is 17.2. The monoisotopic (exact) mass is 457 g/mol. The third-order valence-electron chi connectivity index (χ3n) is 3.67. The molecular formula is C19H25FIN3O. The minimum Gasteiger partial charge on any atom is -0.497 e. The Labute approximate surface area is 165 Å². The fraction of sp³-hybridized carbons (Fsp3) is 0.316. The summed E-state index contributed by atoms with van der Waals surface area (Å²) in [5, 5.41) is 6.45. The molecule has 0 aliphatic rings. The van der Waals surface area contributed by atoms with E-state index in [4.69, 9.17) is 4.74 Å². The van der Waals surface area contributed by atoms with Gasteiger partial charge in [0, 0.05) is 20.1 Å². The van der Waals surface area contributed by atoms with Gasteiger partial charge in [0.2, 0.25) is 0 Å². The van der Waals surface area contributed by atoms with Gasteiger partial charge in [0.05, 0.1) is 7.11 Å². The predicted octanol–water partition coefficient (Wildman–Crippen LogP) is 3.75. The van der Waals surface area contributed by atoms with Gasteiger partial charge in [-0.15, -0.1) is 24.0 Å². The van der Waals surface area contributed by atoms with Crippen molar-refractivity contribution >= 4 is 29.9 Å². The summed E-state index contributed by atoms with van der Waals surface area (Å²) in [7, 11) is 3.39. The Hall–Kier alpha value is -1.83. The molecule has 2 rings (SSSR count). The van der Waals surface area contributed by atoms with E-state index >= 15 is 0 Å². The van der Waals surface area contributed by atoms with E-state index in [2.05, 4.69) is 27.8 Å². The molecule has 0 aromatic heterocycles. The van der Waals surface area contributed by atoms with Crippen molar-refractivity contribution < 1.29 is 9.13 Å². The molecule has 0 atom stereocenters. The first-order valence-electron chi connectivity index (χ1n) is 8.03. The van der Waals surface area contributed by atoms with Crippen LogP contribution >= 0.6 is 24.0 Å². The van der Waals surface area contributed by atoms with Crippen molar-refractivity contribution in [3.05, 3.63) is 65.5 Å². The summed E-state index contributed by atoms with van der Waals surface area (Å²) in [6, 6.07) is 14.7. The van der Waals surface area contributed by atoms with Gasteiger partial charge in [-0.2, -0.15) is 0 Å². The van der Waals surface area contributed by atoms with E-state index in [9.17, 15) is 4.39 Å². The van der Waals surface area contributed by atoms with Gasteiger partial charge < -0.3 is 15.4 Å². The summed E-state index contributed by atoms with van der Waals surface area (Å²) in [5.41, 5.74) is 2.16. The molecule has 0 aliphatic carbocycles. The van der Waals surface area contributed by atoms with Crippen molar-refractivity contribution in [3.63, 3.8) is 0 Å².